The maximum Gasteiger partial charge on any atom is 0.0300 e. The van der Waals surface area contributed by atoms with E-state index in [1.54, 1.807) is 6.20 Å². The van der Waals surface area contributed by atoms with Crippen molar-refractivity contribution in [2.24, 2.45) is 5.73 Å². The molecule has 0 amide bonds. The number of nitrogens with two attached hydrogens (primary N) is 1. The molecule has 1 rings (SSSR count). The van der Waals surface area contributed by atoms with Crippen molar-refractivity contribution >= 4 is 0 Å². The second-order valence-corrected chi connectivity index (χ2v) is 1.90. The van der Waals surface area contributed by atoms with Crippen LogP contribution in [-0.2, 0) is 6.42 Å². The molecular formula is C10H22N2. The van der Waals surface area contributed by atoms with Gasteiger partial charge in [-0.1, -0.05) is 27.3 Å². The molecule has 0 aromatic carbocycles. The summed E-state index contributed by atoms with van der Waals surface area (Å²) in [6, 6.07) is 3.95. The Balaban J connectivity index is -0.000000234. The Morgan fingerprint density at radius 2 is 2.17 bits per heavy atom. The zero-order valence-electron chi connectivity index (χ0n) is 7.25. The molecule has 0 atom stereocenters. The Labute approximate surface area is 77.3 Å². The lowest BCUT2D eigenvalue weighted by molar-refractivity contribution is 0.959. The van der Waals surface area contributed by atoms with Crippen LogP contribution in [0.4, 0.5) is 0 Å². The van der Waals surface area contributed by atoms with Crippen LogP contribution in [0.1, 0.15) is 28.3 Å². The Morgan fingerprint density at radius 1 is 1.50 bits per heavy atom. The number of nitrogens with zero attached hydrogens (tertiary/aromatic N) is 1. The lowest BCUT2D eigenvalue weighted by Gasteiger charge is -1.93. The number of rotatable bonds is 2. The first-order valence-electron chi connectivity index (χ1n) is 4.02. The molecule has 2 N–H and O–H groups in total. The van der Waals surface area contributed by atoms with Crippen molar-refractivity contribution < 1.29 is 1.43 Å². The summed E-state index contributed by atoms with van der Waals surface area (Å²) in [6.45, 7) is 4.70. The predicted molar refractivity (Wildman–Crippen MR) is 57.2 cm³/mol. The fraction of sp³-hybridized carbons (Fsp3) is 0.500. The lowest BCUT2D eigenvalue weighted by Crippen LogP contribution is -2.02. The van der Waals surface area contributed by atoms with E-state index in [9.17, 15) is 0 Å². The van der Waals surface area contributed by atoms with E-state index in [1.807, 2.05) is 32.2 Å². The van der Waals surface area contributed by atoms with E-state index < -0.39 is 0 Å². The fourth-order valence-corrected chi connectivity index (χ4v) is 0.713. The maximum atomic E-state index is 5.33. The number of aromatic nitrogens is 1. The minimum atomic E-state index is 0. The van der Waals surface area contributed by atoms with Crippen LogP contribution in [0.15, 0.2) is 24.5 Å². The first-order chi connectivity index (χ1) is 5.43. The lowest BCUT2D eigenvalue weighted by atomic mass is 10.2. The summed E-state index contributed by atoms with van der Waals surface area (Å²) in [5.41, 5.74) is 6.54. The van der Waals surface area contributed by atoms with Gasteiger partial charge in [-0.2, -0.15) is 0 Å². The molecular weight excluding hydrogens is 148 g/mol. The standard InChI is InChI=1S/C7H10N2.C2H6.CH4.H2/c8-4-3-7-2-1-5-9-6-7;1-2;;/h1-2,5-6H,3-4,8H2;1-2H3;1H4;1H. The van der Waals surface area contributed by atoms with E-state index in [-0.39, 0.29) is 8.85 Å². The van der Waals surface area contributed by atoms with Crippen molar-refractivity contribution in [1.82, 2.24) is 4.98 Å². The smallest absolute Gasteiger partial charge is 0.0300 e. The van der Waals surface area contributed by atoms with Crippen molar-refractivity contribution in [2.45, 2.75) is 27.7 Å². The van der Waals surface area contributed by atoms with Crippen LogP contribution in [-0.4, -0.2) is 11.5 Å². The van der Waals surface area contributed by atoms with Crippen LogP contribution in [0, 0.1) is 0 Å². The number of pyridine rings is 1. The molecule has 1 aromatic rings. The molecule has 0 fully saturated rings. The van der Waals surface area contributed by atoms with Gasteiger partial charge < -0.3 is 5.73 Å². The van der Waals surface area contributed by atoms with Crippen molar-refractivity contribution in [2.75, 3.05) is 6.54 Å². The molecule has 2 heteroatoms. The Bertz CT molecular complexity index is 166. The van der Waals surface area contributed by atoms with Gasteiger partial charge in [0.1, 0.15) is 0 Å². The highest BCUT2D eigenvalue weighted by Crippen LogP contribution is 1.93. The van der Waals surface area contributed by atoms with Crippen molar-refractivity contribution in [3.05, 3.63) is 30.1 Å². The Kier molecular flexibility index (Phi) is 11.5. The van der Waals surface area contributed by atoms with Crippen molar-refractivity contribution in [3.63, 3.8) is 0 Å². The molecule has 0 aliphatic carbocycles. The second-order valence-electron chi connectivity index (χ2n) is 1.90. The van der Waals surface area contributed by atoms with E-state index in [0.29, 0.717) is 6.54 Å². The normalized spacial score (nSPS) is 7.58. The highest BCUT2D eigenvalue weighted by atomic mass is 14.6. The quantitative estimate of drug-likeness (QED) is 0.740. The van der Waals surface area contributed by atoms with Gasteiger partial charge in [0, 0.05) is 13.8 Å². The average molecular weight is 170 g/mol. The third-order valence-corrected chi connectivity index (χ3v) is 1.16. The monoisotopic (exact) mass is 170 g/mol. The summed E-state index contributed by atoms with van der Waals surface area (Å²) in [5, 5.41) is 0. The van der Waals surface area contributed by atoms with Crippen LogP contribution in [0.2, 0.25) is 0 Å². The summed E-state index contributed by atoms with van der Waals surface area (Å²) in [4.78, 5) is 3.95. The zero-order chi connectivity index (χ0) is 8.53. The first-order valence-corrected chi connectivity index (χ1v) is 4.02. The third kappa shape index (κ3) is 5.86. The van der Waals surface area contributed by atoms with Gasteiger partial charge in [-0.05, 0) is 24.6 Å². The van der Waals surface area contributed by atoms with Gasteiger partial charge in [0.25, 0.3) is 0 Å². The number of hydrogen-bond donors (Lipinski definition) is 1. The van der Waals surface area contributed by atoms with Gasteiger partial charge in [0.15, 0.2) is 0 Å². The second kappa shape index (κ2) is 10.1. The van der Waals surface area contributed by atoms with Gasteiger partial charge in [0.2, 0.25) is 0 Å². The largest absolute Gasteiger partial charge is 0.330 e. The molecule has 0 spiro atoms. The van der Waals surface area contributed by atoms with E-state index in [4.69, 9.17) is 5.73 Å². The average Bonchev–Trinajstić information content (AvgIpc) is 2.11. The molecule has 0 radical (unpaired) electrons. The van der Waals surface area contributed by atoms with Crippen LogP contribution >= 0.6 is 0 Å². The summed E-state index contributed by atoms with van der Waals surface area (Å²) < 4.78 is 0. The molecule has 0 unspecified atom stereocenters. The van der Waals surface area contributed by atoms with Gasteiger partial charge in [0.05, 0.1) is 0 Å². The van der Waals surface area contributed by atoms with E-state index >= 15 is 0 Å². The zero-order valence-corrected chi connectivity index (χ0v) is 7.25. The van der Waals surface area contributed by atoms with Gasteiger partial charge in [-0.25, -0.2) is 0 Å². The maximum absolute atomic E-state index is 5.33. The molecule has 12 heavy (non-hydrogen) atoms. The van der Waals surface area contributed by atoms with Crippen molar-refractivity contribution in [3.8, 4) is 0 Å². The molecule has 0 saturated carbocycles. The summed E-state index contributed by atoms with van der Waals surface area (Å²) in [6.07, 6.45) is 4.53. The van der Waals surface area contributed by atoms with Crippen LogP contribution < -0.4 is 5.73 Å². The van der Waals surface area contributed by atoms with Gasteiger partial charge in [-0.15, -0.1) is 0 Å². The minimum Gasteiger partial charge on any atom is -0.330 e. The molecule has 1 heterocycles. The SMILES string of the molecule is C.CC.NCCc1cccnc1.[HH]. The topological polar surface area (TPSA) is 38.9 Å². The summed E-state index contributed by atoms with van der Waals surface area (Å²) in [5.74, 6) is 0. The molecule has 0 saturated heterocycles. The predicted octanol–water partition coefficient (Wildman–Crippen LogP) is 2.49. The Hall–Kier alpha value is -0.890. The Morgan fingerprint density at radius 3 is 2.58 bits per heavy atom. The highest BCUT2D eigenvalue weighted by molar-refractivity contribution is 5.08. The third-order valence-electron chi connectivity index (χ3n) is 1.16. The molecule has 2 nitrogen and oxygen atoms in total. The van der Waals surface area contributed by atoms with Crippen LogP contribution in [0.3, 0.4) is 0 Å². The van der Waals surface area contributed by atoms with Crippen LogP contribution in [0.5, 0.6) is 0 Å². The fourth-order valence-electron chi connectivity index (χ4n) is 0.713. The highest BCUT2D eigenvalue weighted by Gasteiger charge is 1.85. The first kappa shape index (κ1) is 13.7. The molecule has 72 valence electrons. The molecule has 0 aliphatic heterocycles. The molecule has 0 aliphatic rings. The van der Waals surface area contributed by atoms with Crippen LogP contribution in [0.25, 0.3) is 0 Å². The van der Waals surface area contributed by atoms with E-state index in [2.05, 4.69) is 4.98 Å². The van der Waals surface area contributed by atoms with Gasteiger partial charge >= 0.3 is 0 Å². The minimum absolute atomic E-state index is 0. The van der Waals surface area contributed by atoms with E-state index in [1.165, 1.54) is 5.56 Å². The summed E-state index contributed by atoms with van der Waals surface area (Å²) in [7, 11) is 0. The van der Waals surface area contributed by atoms with E-state index in [0.717, 1.165) is 6.42 Å². The number of hydrogen-bond acceptors (Lipinski definition) is 2. The molecule has 1 aromatic heterocycles. The summed E-state index contributed by atoms with van der Waals surface area (Å²) >= 11 is 0. The molecule has 0 bridgehead atoms. The van der Waals surface area contributed by atoms with Gasteiger partial charge in [-0.3, -0.25) is 4.98 Å². The van der Waals surface area contributed by atoms with Crippen molar-refractivity contribution in [1.29, 1.82) is 0 Å².